The summed E-state index contributed by atoms with van der Waals surface area (Å²) >= 11 is 3.58. The summed E-state index contributed by atoms with van der Waals surface area (Å²) in [7, 11) is 1.41. The zero-order chi connectivity index (χ0) is 14.5. The second kappa shape index (κ2) is 7.23. The minimum absolute atomic E-state index is 0.291. The zero-order valence-electron chi connectivity index (χ0n) is 12.2. The number of hydrogen-bond donors (Lipinski definition) is 0. The predicted molar refractivity (Wildman–Crippen MR) is 83.8 cm³/mol. The lowest BCUT2D eigenvalue weighted by molar-refractivity contribution is 0.0600. The fraction of sp³-hybridized carbons (Fsp3) is 0.562. The highest BCUT2D eigenvalue weighted by Crippen LogP contribution is 2.27. The molecule has 1 aromatic rings. The van der Waals surface area contributed by atoms with Gasteiger partial charge in [0.2, 0.25) is 0 Å². The molecule has 20 heavy (non-hydrogen) atoms. The molecule has 1 fully saturated rings. The molecule has 0 heterocycles. The topological polar surface area (TPSA) is 29.5 Å². The Balaban J connectivity index is 2.10. The molecular formula is C16H22BrNO2. The summed E-state index contributed by atoms with van der Waals surface area (Å²) in [5.41, 5.74) is 1.82. The molecule has 0 atom stereocenters. The van der Waals surface area contributed by atoms with Gasteiger partial charge in [-0.15, -0.1) is 0 Å². The molecule has 0 aromatic heterocycles. The van der Waals surface area contributed by atoms with Crippen LogP contribution < -0.4 is 0 Å². The number of ether oxygens (including phenoxy) is 1. The smallest absolute Gasteiger partial charge is 0.337 e. The second-order valence-corrected chi connectivity index (χ2v) is 6.15. The van der Waals surface area contributed by atoms with Crippen molar-refractivity contribution in [3.8, 4) is 0 Å². The van der Waals surface area contributed by atoms with Gasteiger partial charge in [-0.3, -0.25) is 4.90 Å². The van der Waals surface area contributed by atoms with E-state index in [0.29, 0.717) is 11.6 Å². The van der Waals surface area contributed by atoms with E-state index in [2.05, 4.69) is 27.8 Å². The maximum atomic E-state index is 11.5. The Labute approximate surface area is 129 Å². The lowest BCUT2D eigenvalue weighted by Gasteiger charge is -2.27. The van der Waals surface area contributed by atoms with Crippen LogP contribution in [0.15, 0.2) is 22.7 Å². The van der Waals surface area contributed by atoms with Gasteiger partial charge < -0.3 is 4.74 Å². The van der Waals surface area contributed by atoms with Gasteiger partial charge in [-0.05, 0) is 37.1 Å². The van der Waals surface area contributed by atoms with E-state index in [1.807, 2.05) is 18.2 Å². The Kier molecular flexibility index (Phi) is 5.61. The number of rotatable bonds is 5. The molecule has 3 nitrogen and oxygen atoms in total. The number of methoxy groups -OCH3 is 1. The Hall–Kier alpha value is -0.870. The van der Waals surface area contributed by atoms with Gasteiger partial charge in [-0.1, -0.05) is 41.8 Å². The van der Waals surface area contributed by atoms with E-state index < -0.39 is 0 Å². The van der Waals surface area contributed by atoms with E-state index in [9.17, 15) is 4.79 Å². The number of esters is 1. The van der Waals surface area contributed by atoms with E-state index in [1.54, 1.807) is 0 Å². The van der Waals surface area contributed by atoms with Gasteiger partial charge in [0.25, 0.3) is 0 Å². The summed E-state index contributed by atoms with van der Waals surface area (Å²) in [5, 5.41) is 0. The Morgan fingerprint density at radius 1 is 1.40 bits per heavy atom. The summed E-state index contributed by atoms with van der Waals surface area (Å²) in [6.07, 6.45) is 5.32. The molecule has 110 valence electrons. The molecule has 1 aromatic carbocycles. The number of nitrogens with zero attached hydrogens (tertiary/aromatic N) is 1. The molecule has 2 rings (SSSR count). The van der Waals surface area contributed by atoms with Crippen LogP contribution in [0.4, 0.5) is 0 Å². The Morgan fingerprint density at radius 2 is 2.10 bits per heavy atom. The molecule has 0 N–H and O–H groups in total. The summed E-state index contributed by atoms with van der Waals surface area (Å²) < 4.78 is 5.73. The molecule has 0 bridgehead atoms. The minimum Gasteiger partial charge on any atom is -0.465 e. The highest BCUT2D eigenvalue weighted by molar-refractivity contribution is 9.10. The van der Waals surface area contributed by atoms with Crippen molar-refractivity contribution in [2.24, 2.45) is 0 Å². The van der Waals surface area contributed by atoms with E-state index in [-0.39, 0.29) is 5.97 Å². The number of benzene rings is 1. The van der Waals surface area contributed by atoms with Gasteiger partial charge in [-0.25, -0.2) is 4.79 Å². The summed E-state index contributed by atoms with van der Waals surface area (Å²) in [6.45, 7) is 4.22. The van der Waals surface area contributed by atoms with Crippen LogP contribution >= 0.6 is 15.9 Å². The monoisotopic (exact) mass is 339 g/mol. The van der Waals surface area contributed by atoms with Crippen molar-refractivity contribution in [2.75, 3.05) is 13.7 Å². The van der Waals surface area contributed by atoms with Crippen molar-refractivity contribution >= 4 is 21.9 Å². The average molecular weight is 340 g/mol. The first kappa shape index (κ1) is 15.5. The molecule has 0 amide bonds. The molecule has 0 spiro atoms. The highest BCUT2D eigenvalue weighted by atomic mass is 79.9. The fourth-order valence-electron chi connectivity index (χ4n) is 2.91. The third kappa shape index (κ3) is 3.61. The SMILES string of the molecule is CCN(Cc1ccc(C(=O)OC)cc1Br)C1CCCC1. The molecule has 1 aliphatic carbocycles. The van der Waals surface area contributed by atoms with Crippen molar-refractivity contribution in [1.29, 1.82) is 0 Å². The van der Waals surface area contributed by atoms with Gasteiger partial charge in [0.15, 0.2) is 0 Å². The molecule has 0 aliphatic heterocycles. The minimum atomic E-state index is -0.291. The molecule has 1 saturated carbocycles. The number of halogens is 1. The van der Waals surface area contributed by atoms with E-state index in [4.69, 9.17) is 4.74 Å². The van der Waals surface area contributed by atoms with Gasteiger partial charge in [0.1, 0.15) is 0 Å². The molecule has 1 aliphatic rings. The van der Waals surface area contributed by atoms with Crippen LogP contribution in [-0.4, -0.2) is 30.6 Å². The third-order valence-corrected chi connectivity index (χ3v) is 4.83. The molecule has 4 heteroatoms. The first-order valence-corrected chi connectivity index (χ1v) is 8.05. The van der Waals surface area contributed by atoms with Crippen LogP contribution in [0.2, 0.25) is 0 Å². The van der Waals surface area contributed by atoms with Gasteiger partial charge in [0, 0.05) is 17.1 Å². The van der Waals surface area contributed by atoms with Crippen LogP contribution in [0.25, 0.3) is 0 Å². The van der Waals surface area contributed by atoms with Crippen LogP contribution in [0.5, 0.6) is 0 Å². The van der Waals surface area contributed by atoms with Crippen LogP contribution in [-0.2, 0) is 11.3 Å². The molecule has 0 unspecified atom stereocenters. The zero-order valence-corrected chi connectivity index (χ0v) is 13.8. The van der Waals surface area contributed by atoms with Crippen molar-refractivity contribution in [3.05, 3.63) is 33.8 Å². The van der Waals surface area contributed by atoms with Crippen LogP contribution in [0.3, 0.4) is 0 Å². The predicted octanol–water partition coefficient (Wildman–Crippen LogP) is 4.00. The molecule has 0 saturated heterocycles. The standard InChI is InChI=1S/C16H22BrNO2/c1-3-18(14-6-4-5-7-14)11-13-9-8-12(10-15(13)17)16(19)20-2/h8-10,14H,3-7,11H2,1-2H3. The van der Waals surface area contributed by atoms with E-state index in [1.165, 1.54) is 38.4 Å². The summed E-state index contributed by atoms with van der Waals surface area (Å²) in [6, 6.07) is 6.43. The van der Waals surface area contributed by atoms with Crippen LogP contribution in [0.1, 0.15) is 48.5 Å². The molecular weight excluding hydrogens is 318 g/mol. The maximum absolute atomic E-state index is 11.5. The number of hydrogen-bond acceptors (Lipinski definition) is 3. The lowest BCUT2D eigenvalue weighted by Crippen LogP contribution is -2.32. The van der Waals surface area contributed by atoms with Crippen LogP contribution in [0, 0.1) is 0 Å². The summed E-state index contributed by atoms with van der Waals surface area (Å²) in [4.78, 5) is 14.0. The largest absolute Gasteiger partial charge is 0.465 e. The third-order valence-electron chi connectivity index (χ3n) is 4.09. The van der Waals surface area contributed by atoms with E-state index >= 15 is 0 Å². The number of carbonyl (C=O) groups excluding carboxylic acids is 1. The van der Waals surface area contributed by atoms with Crippen molar-refractivity contribution in [3.63, 3.8) is 0 Å². The normalized spacial score (nSPS) is 15.8. The first-order chi connectivity index (χ1) is 9.65. The average Bonchev–Trinajstić information content (AvgIpc) is 2.99. The molecule has 0 radical (unpaired) electrons. The fourth-order valence-corrected chi connectivity index (χ4v) is 3.41. The second-order valence-electron chi connectivity index (χ2n) is 5.30. The van der Waals surface area contributed by atoms with Crippen molar-refractivity contribution < 1.29 is 9.53 Å². The van der Waals surface area contributed by atoms with Crippen molar-refractivity contribution in [1.82, 2.24) is 4.90 Å². The van der Waals surface area contributed by atoms with Gasteiger partial charge in [0.05, 0.1) is 12.7 Å². The quantitative estimate of drug-likeness (QED) is 0.759. The first-order valence-electron chi connectivity index (χ1n) is 7.26. The Bertz CT molecular complexity index is 470. The van der Waals surface area contributed by atoms with Gasteiger partial charge >= 0.3 is 5.97 Å². The number of carbonyl (C=O) groups is 1. The lowest BCUT2D eigenvalue weighted by atomic mass is 10.1. The van der Waals surface area contributed by atoms with E-state index in [0.717, 1.165) is 17.6 Å². The summed E-state index contributed by atoms with van der Waals surface area (Å²) in [5.74, 6) is -0.291. The Morgan fingerprint density at radius 3 is 2.65 bits per heavy atom. The highest BCUT2D eigenvalue weighted by Gasteiger charge is 2.22. The van der Waals surface area contributed by atoms with Gasteiger partial charge in [-0.2, -0.15) is 0 Å². The van der Waals surface area contributed by atoms with Crippen molar-refractivity contribution in [2.45, 2.75) is 45.2 Å². The maximum Gasteiger partial charge on any atom is 0.337 e.